The van der Waals surface area contributed by atoms with E-state index in [-0.39, 0.29) is 24.3 Å². The van der Waals surface area contributed by atoms with Gasteiger partial charge in [0.25, 0.3) is 0 Å². The summed E-state index contributed by atoms with van der Waals surface area (Å²) in [6.07, 6.45) is 0.154. The molecule has 1 aromatic heterocycles. The molecule has 1 fully saturated rings. The molecule has 2 aromatic carbocycles. The maximum Gasteiger partial charge on any atom is 0.248 e. The maximum absolute atomic E-state index is 13.5. The largest absolute Gasteiger partial charge is 0.366 e. The van der Waals surface area contributed by atoms with Gasteiger partial charge in [-0.2, -0.15) is 0 Å². The summed E-state index contributed by atoms with van der Waals surface area (Å²) in [5.41, 5.74) is 8.50. The van der Waals surface area contributed by atoms with Crippen molar-refractivity contribution in [3.8, 4) is 0 Å². The van der Waals surface area contributed by atoms with Crippen molar-refractivity contribution in [1.29, 1.82) is 0 Å². The minimum absolute atomic E-state index is 0.0604. The zero-order chi connectivity index (χ0) is 22.8. The number of rotatable bonds is 6. The molecule has 0 saturated carbocycles. The smallest absolute Gasteiger partial charge is 0.248 e. The standard InChI is InChI=1S/C25H25N3O3S/c1-16-8-10-19(11-9-16)28-22(29)14-20(23(28)21-7-4-12-32-21)25(31)27(2)15-17-5-3-6-18(13-17)24(26)30/h3-13,20,23H,14-15H2,1-2H3,(H2,26,30). The number of hydrogen-bond acceptors (Lipinski definition) is 4. The van der Waals surface area contributed by atoms with Crippen molar-refractivity contribution in [1.82, 2.24) is 4.90 Å². The number of carbonyl (C=O) groups excluding carboxylic acids is 3. The third-order valence-corrected chi connectivity index (χ3v) is 6.74. The highest BCUT2D eigenvalue weighted by atomic mass is 32.1. The first-order valence-corrected chi connectivity index (χ1v) is 11.3. The van der Waals surface area contributed by atoms with Crippen molar-refractivity contribution in [3.63, 3.8) is 0 Å². The molecule has 2 heterocycles. The van der Waals surface area contributed by atoms with Crippen molar-refractivity contribution in [3.05, 3.63) is 87.6 Å². The van der Waals surface area contributed by atoms with Gasteiger partial charge in [-0.3, -0.25) is 14.4 Å². The number of thiophene rings is 1. The molecule has 2 N–H and O–H groups in total. The normalized spacial score (nSPS) is 18.1. The fraction of sp³-hybridized carbons (Fsp3) is 0.240. The topological polar surface area (TPSA) is 83.7 Å². The molecule has 2 unspecified atom stereocenters. The van der Waals surface area contributed by atoms with Gasteiger partial charge in [0.15, 0.2) is 0 Å². The second kappa shape index (κ2) is 8.96. The van der Waals surface area contributed by atoms with Crippen LogP contribution in [-0.4, -0.2) is 29.7 Å². The minimum Gasteiger partial charge on any atom is -0.366 e. The summed E-state index contributed by atoms with van der Waals surface area (Å²) in [6.45, 7) is 2.33. The molecule has 1 saturated heterocycles. The van der Waals surface area contributed by atoms with E-state index in [4.69, 9.17) is 5.73 Å². The first-order valence-electron chi connectivity index (χ1n) is 10.4. The fourth-order valence-corrected chi connectivity index (χ4v) is 5.09. The Bertz CT molecular complexity index is 1140. The second-order valence-corrected chi connectivity index (χ2v) is 9.11. The molecule has 7 heteroatoms. The van der Waals surface area contributed by atoms with E-state index < -0.39 is 11.8 Å². The summed E-state index contributed by atoms with van der Waals surface area (Å²) in [6, 6.07) is 18.3. The third-order valence-electron chi connectivity index (χ3n) is 5.79. The molecule has 0 spiro atoms. The fourth-order valence-electron chi connectivity index (χ4n) is 4.21. The number of hydrogen-bond donors (Lipinski definition) is 1. The lowest BCUT2D eigenvalue weighted by Gasteiger charge is -2.29. The lowest BCUT2D eigenvalue weighted by molar-refractivity contribution is -0.135. The second-order valence-electron chi connectivity index (χ2n) is 8.13. The Kier molecular flexibility index (Phi) is 6.10. The van der Waals surface area contributed by atoms with Crippen LogP contribution in [0.3, 0.4) is 0 Å². The summed E-state index contributed by atoms with van der Waals surface area (Å²) < 4.78 is 0. The Hall–Kier alpha value is -3.45. The van der Waals surface area contributed by atoms with Gasteiger partial charge in [0.2, 0.25) is 17.7 Å². The number of amides is 3. The molecule has 0 bridgehead atoms. The zero-order valence-electron chi connectivity index (χ0n) is 18.0. The number of primary amides is 1. The number of carbonyl (C=O) groups is 3. The number of nitrogens with two attached hydrogens (primary N) is 1. The summed E-state index contributed by atoms with van der Waals surface area (Å²) in [5, 5.41) is 1.96. The molecular formula is C25H25N3O3S. The average molecular weight is 448 g/mol. The van der Waals surface area contributed by atoms with Crippen LogP contribution < -0.4 is 10.6 Å². The van der Waals surface area contributed by atoms with Gasteiger partial charge >= 0.3 is 0 Å². The monoisotopic (exact) mass is 447 g/mol. The van der Waals surface area contributed by atoms with Crippen LogP contribution in [0.15, 0.2) is 66.0 Å². The van der Waals surface area contributed by atoms with Crippen molar-refractivity contribution in [2.45, 2.75) is 25.9 Å². The van der Waals surface area contributed by atoms with Gasteiger partial charge in [-0.1, -0.05) is 35.9 Å². The predicted molar refractivity (Wildman–Crippen MR) is 125 cm³/mol. The van der Waals surface area contributed by atoms with Crippen LogP contribution in [0.2, 0.25) is 0 Å². The highest BCUT2D eigenvalue weighted by Gasteiger charge is 2.46. The van der Waals surface area contributed by atoms with Gasteiger partial charge < -0.3 is 15.5 Å². The van der Waals surface area contributed by atoms with Gasteiger partial charge in [0.05, 0.1) is 12.0 Å². The van der Waals surface area contributed by atoms with Gasteiger partial charge in [-0.05, 0) is 48.2 Å². The lowest BCUT2D eigenvalue weighted by Crippen LogP contribution is -2.36. The molecule has 32 heavy (non-hydrogen) atoms. The molecule has 4 rings (SSSR count). The Morgan fingerprint density at radius 2 is 1.88 bits per heavy atom. The molecule has 6 nitrogen and oxygen atoms in total. The first-order chi connectivity index (χ1) is 15.3. The quantitative estimate of drug-likeness (QED) is 0.622. The number of aryl methyl sites for hydroxylation is 1. The van der Waals surface area contributed by atoms with Gasteiger partial charge in [-0.25, -0.2) is 0 Å². The molecular weight excluding hydrogens is 422 g/mol. The Labute approximate surface area is 191 Å². The van der Waals surface area contributed by atoms with Crippen LogP contribution >= 0.6 is 11.3 Å². The number of anilines is 1. The average Bonchev–Trinajstić information content (AvgIpc) is 3.41. The molecule has 1 aliphatic heterocycles. The molecule has 3 amide bonds. The van der Waals surface area contributed by atoms with Gasteiger partial charge in [0.1, 0.15) is 0 Å². The number of benzene rings is 2. The summed E-state index contributed by atoms with van der Waals surface area (Å²) in [7, 11) is 1.73. The van der Waals surface area contributed by atoms with E-state index in [2.05, 4.69) is 0 Å². The highest BCUT2D eigenvalue weighted by Crippen LogP contribution is 2.43. The molecule has 1 aliphatic rings. The van der Waals surface area contributed by atoms with Crippen molar-refractivity contribution in [2.75, 3.05) is 11.9 Å². The van der Waals surface area contributed by atoms with Crippen LogP contribution in [0.5, 0.6) is 0 Å². The molecule has 0 aliphatic carbocycles. The maximum atomic E-state index is 13.5. The summed E-state index contributed by atoms with van der Waals surface area (Å²) >= 11 is 1.55. The Morgan fingerprint density at radius 3 is 2.53 bits per heavy atom. The molecule has 2 atom stereocenters. The SMILES string of the molecule is Cc1ccc(N2C(=O)CC(C(=O)N(C)Cc3cccc(C(N)=O)c3)C2c2cccs2)cc1. The van der Waals surface area contributed by atoms with Crippen molar-refractivity contribution in [2.24, 2.45) is 11.7 Å². The van der Waals surface area contributed by atoms with Crippen LogP contribution in [-0.2, 0) is 16.1 Å². The molecule has 164 valence electrons. The van der Waals surface area contributed by atoms with E-state index >= 15 is 0 Å². The Balaban J connectivity index is 1.61. The highest BCUT2D eigenvalue weighted by molar-refractivity contribution is 7.10. The van der Waals surface area contributed by atoms with E-state index in [0.717, 1.165) is 21.7 Å². The lowest BCUT2D eigenvalue weighted by atomic mass is 9.96. The summed E-state index contributed by atoms with van der Waals surface area (Å²) in [5.74, 6) is -1.16. The van der Waals surface area contributed by atoms with Crippen LogP contribution in [0.25, 0.3) is 0 Å². The van der Waals surface area contributed by atoms with Crippen LogP contribution in [0.4, 0.5) is 5.69 Å². The van der Waals surface area contributed by atoms with E-state index in [1.54, 1.807) is 46.4 Å². The van der Waals surface area contributed by atoms with Gasteiger partial charge in [0, 0.05) is 36.1 Å². The van der Waals surface area contributed by atoms with Crippen LogP contribution in [0.1, 0.15) is 38.8 Å². The third kappa shape index (κ3) is 4.29. The molecule has 3 aromatic rings. The summed E-state index contributed by atoms with van der Waals surface area (Å²) in [4.78, 5) is 42.5. The predicted octanol–water partition coefficient (Wildman–Crippen LogP) is 3.91. The van der Waals surface area contributed by atoms with Crippen LogP contribution in [0, 0.1) is 12.8 Å². The van der Waals surface area contributed by atoms with E-state index in [0.29, 0.717) is 12.1 Å². The van der Waals surface area contributed by atoms with E-state index in [1.807, 2.05) is 54.8 Å². The Morgan fingerprint density at radius 1 is 1.12 bits per heavy atom. The van der Waals surface area contributed by atoms with Crippen molar-refractivity contribution < 1.29 is 14.4 Å². The van der Waals surface area contributed by atoms with Crippen molar-refractivity contribution >= 4 is 34.7 Å². The van der Waals surface area contributed by atoms with Gasteiger partial charge in [-0.15, -0.1) is 11.3 Å². The number of nitrogens with zero attached hydrogens (tertiary/aromatic N) is 2. The minimum atomic E-state index is -0.506. The van der Waals surface area contributed by atoms with E-state index in [1.165, 1.54) is 0 Å². The first kappa shape index (κ1) is 21.8. The molecule has 0 radical (unpaired) electrons. The van der Waals surface area contributed by atoms with E-state index in [9.17, 15) is 14.4 Å². The zero-order valence-corrected chi connectivity index (χ0v) is 18.8.